The van der Waals surface area contributed by atoms with Crippen molar-refractivity contribution < 1.29 is 4.74 Å². The molecule has 14 heavy (non-hydrogen) atoms. The van der Waals surface area contributed by atoms with E-state index >= 15 is 0 Å². The van der Waals surface area contributed by atoms with Gasteiger partial charge >= 0.3 is 0 Å². The van der Waals surface area contributed by atoms with Crippen LogP contribution in [0.25, 0.3) is 0 Å². The number of nitrogens with one attached hydrogen (secondary N) is 2. The van der Waals surface area contributed by atoms with Crippen LogP contribution < -0.4 is 5.32 Å². The minimum Gasteiger partial charge on any atom is -0.375 e. The first-order valence-electron chi connectivity index (χ1n) is 5.11. The molecule has 2 heterocycles. The SMILES string of the molecule is CCc1n[nH]c(CC2CNCCO2)n1. The molecule has 78 valence electrons. The van der Waals surface area contributed by atoms with E-state index in [-0.39, 0.29) is 6.10 Å². The van der Waals surface area contributed by atoms with Crippen LogP contribution in [0.4, 0.5) is 0 Å². The molecule has 1 aliphatic rings. The Morgan fingerprint density at radius 1 is 1.57 bits per heavy atom. The summed E-state index contributed by atoms with van der Waals surface area (Å²) in [5.41, 5.74) is 0. The number of aromatic amines is 1. The van der Waals surface area contributed by atoms with Gasteiger partial charge in [0.1, 0.15) is 11.6 Å². The topological polar surface area (TPSA) is 62.8 Å². The molecule has 1 aromatic rings. The number of H-pyrrole nitrogens is 1. The Morgan fingerprint density at radius 2 is 2.50 bits per heavy atom. The van der Waals surface area contributed by atoms with Crippen molar-refractivity contribution >= 4 is 0 Å². The van der Waals surface area contributed by atoms with Crippen molar-refractivity contribution in [1.82, 2.24) is 20.5 Å². The van der Waals surface area contributed by atoms with Gasteiger partial charge in [-0.05, 0) is 0 Å². The van der Waals surface area contributed by atoms with Gasteiger partial charge < -0.3 is 10.1 Å². The summed E-state index contributed by atoms with van der Waals surface area (Å²) in [6, 6.07) is 0. The lowest BCUT2D eigenvalue weighted by Crippen LogP contribution is -2.39. The number of aryl methyl sites for hydroxylation is 1. The van der Waals surface area contributed by atoms with Gasteiger partial charge in [0.2, 0.25) is 0 Å². The number of nitrogens with zero attached hydrogens (tertiary/aromatic N) is 2. The lowest BCUT2D eigenvalue weighted by atomic mass is 10.2. The fraction of sp³-hybridized carbons (Fsp3) is 0.778. The summed E-state index contributed by atoms with van der Waals surface area (Å²) in [5.74, 6) is 1.80. The summed E-state index contributed by atoms with van der Waals surface area (Å²) in [6.07, 6.45) is 1.93. The molecule has 1 aliphatic heterocycles. The van der Waals surface area contributed by atoms with Crippen molar-refractivity contribution in [2.75, 3.05) is 19.7 Å². The van der Waals surface area contributed by atoms with Crippen LogP contribution in [0, 0.1) is 0 Å². The molecule has 0 radical (unpaired) electrons. The van der Waals surface area contributed by atoms with E-state index in [4.69, 9.17) is 4.74 Å². The van der Waals surface area contributed by atoms with E-state index in [1.54, 1.807) is 0 Å². The Kier molecular flexibility index (Phi) is 3.10. The van der Waals surface area contributed by atoms with Gasteiger partial charge in [0.15, 0.2) is 0 Å². The smallest absolute Gasteiger partial charge is 0.150 e. The number of rotatable bonds is 3. The number of aromatic nitrogens is 3. The summed E-state index contributed by atoms with van der Waals surface area (Å²) in [4.78, 5) is 4.35. The van der Waals surface area contributed by atoms with E-state index in [1.807, 2.05) is 6.92 Å². The average molecular weight is 196 g/mol. The van der Waals surface area contributed by atoms with Gasteiger partial charge in [-0.15, -0.1) is 0 Å². The summed E-state index contributed by atoms with van der Waals surface area (Å²) >= 11 is 0. The Morgan fingerprint density at radius 3 is 3.14 bits per heavy atom. The predicted octanol–water partition coefficient (Wildman–Crippen LogP) is -0.102. The fourth-order valence-electron chi connectivity index (χ4n) is 1.55. The first-order chi connectivity index (χ1) is 6.88. The maximum absolute atomic E-state index is 5.57. The van der Waals surface area contributed by atoms with E-state index in [9.17, 15) is 0 Å². The number of ether oxygens (including phenoxy) is 1. The van der Waals surface area contributed by atoms with Crippen molar-refractivity contribution in [3.8, 4) is 0 Å². The minimum atomic E-state index is 0.237. The molecule has 1 fully saturated rings. The zero-order valence-electron chi connectivity index (χ0n) is 8.42. The normalized spacial score (nSPS) is 22.5. The molecule has 0 aromatic carbocycles. The highest BCUT2D eigenvalue weighted by molar-refractivity contribution is 4.92. The largest absolute Gasteiger partial charge is 0.375 e. The van der Waals surface area contributed by atoms with Crippen molar-refractivity contribution in [1.29, 1.82) is 0 Å². The Bertz CT molecular complexity index is 280. The standard InChI is InChI=1S/C9H16N4O/c1-2-8-11-9(13-12-8)5-7-6-10-3-4-14-7/h7,10H,2-6H2,1H3,(H,11,12,13). The van der Waals surface area contributed by atoms with E-state index in [2.05, 4.69) is 20.5 Å². The van der Waals surface area contributed by atoms with Crippen molar-refractivity contribution in [3.05, 3.63) is 11.6 Å². The molecule has 1 aromatic heterocycles. The van der Waals surface area contributed by atoms with E-state index in [0.717, 1.165) is 44.2 Å². The van der Waals surface area contributed by atoms with Gasteiger partial charge in [-0.25, -0.2) is 4.98 Å². The van der Waals surface area contributed by atoms with Crippen molar-refractivity contribution in [2.45, 2.75) is 25.9 Å². The maximum Gasteiger partial charge on any atom is 0.150 e. The van der Waals surface area contributed by atoms with Gasteiger partial charge in [-0.3, -0.25) is 5.10 Å². The van der Waals surface area contributed by atoms with Crippen molar-refractivity contribution in [2.24, 2.45) is 0 Å². The Labute approximate surface area is 83.3 Å². The predicted molar refractivity (Wildman–Crippen MR) is 52.1 cm³/mol. The van der Waals surface area contributed by atoms with Gasteiger partial charge in [-0.1, -0.05) is 6.92 Å². The van der Waals surface area contributed by atoms with E-state index < -0.39 is 0 Å². The summed E-state index contributed by atoms with van der Waals surface area (Å²) < 4.78 is 5.57. The van der Waals surface area contributed by atoms with Gasteiger partial charge in [0, 0.05) is 25.9 Å². The maximum atomic E-state index is 5.57. The number of morpholine rings is 1. The van der Waals surface area contributed by atoms with Crippen LogP contribution in [0.2, 0.25) is 0 Å². The quantitative estimate of drug-likeness (QED) is 0.708. The molecule has 0 amide bonds. The third-order valence-corrected chi connectivity index (χ3v) is 2.32. The van der Waals surface area contributed by atoms with Crippen LogP contribution in [0.15, 0.2) is 0 Å². The minimum absolute atomic E-state index is 0.237. The second kappa shape index (κ2) is 4.52. The molecule has 5 heteroatoms. The van der Waals surface area contributed by atoms with Crippen LogP contribution in [0.3, 0.4) is 0 Å². The zero-order valence-corrected chi connectivity index (χ0v) is 8.42. The van der Waals surface area contributed by atoms with Crippen LogP contribution in [0.5, 0.6) is 0 Å². The molecule has 1 saturated heterocycles. The number of hydrogen-bond acceptors (Lipinski definition) is 4. The second-order valence-electron chi connectivity index (χ2n) is 3.45. The third kappa shape index (κ3) is 2.30. The average Bonchev–Trinajstić information content (AvgIpc) is 2.67. The summed E-state index contributed by atoms with van der Waals surface area (Å²) in [7, 11) is 0. The molecular weight excluding hydrogens is 180 g/mol. The van der Waals surface area contributed by atoms with E-state index in [0.29, 0.717) is 0 Å². The molecular formula is C9H16N4O. The van der Waals surface area contributed by atoms with Gasteiger partial charge in [0.05, 0.1) is 12.7 Å². The highest BCUT2D eigenvalue weighted by atomic mass is 16.5. The van der Waals surface area contributed by atoms with Crippen LogP contribution in [-0.2, 0) is 17.6 Å². The van der Waals surface area contributed by atoms with Crippen molar-refractivity contribution in [3.63, 3.8) is 0 Å². The highest BCUT2D eigenvalue weighted by Gasteiger charge is 2.15. The second-order valence-corrected chi connectivity index (χ2v) is 3.45. The first-order valence-corrected chi connectivity index (χ1v) is 5.11. The first kappa shape index (κ1) is 9.61. The van der Waals surface area contributed by atoms with Crippen LogP contribution >= 0.6 is 0 Å². The fourth-order valence-corrected chi connectivity index (χ4v) is 1.55. The lowest BCUT2D eigenvalue weighted by molar-refractivity contribution is 0.0281. The number of hydrogen-bond donors (Lipinski definition) is 2. The van der Waals surface area contributed by atoms with E-state index in [1.165, 1.54) is 0 Å². The van der Waals surface area contributed by atoms with Crippen LogP contribution in [-0.4, -0.2) is 41.0 Å². The van der Waals surface area contributed by atoms with Gasteiger partial charge in [-0.2, -0.15) is 5.10 Å². The van der Waals surface area contributed by atoms with Gasteiger partial charge in [0.25, 0.3) is 0 Å². The highest BCUT2D eigenvalue weighted by Crippen LogP contribution is 2.03. The lowest BCUT2D eigenvalue weighted by Gasteiger charge is -2.22. The van der Waals surface area contributed by atoms with Crippen LogP contribution in [0.1, 0.15) is 18.6 Å². The Hall–Kier alpha value is -0.940. The zero-order chi connectivity index (χ0) is 9.80. The molecule has 0 saturated carbocycles. The molecule has 1 unspecified atom stereocenters. The summed E-state index contributed by atoms with van der Waals surface area (Å²) in [6.45, 7) is 4.69. The molecule has 0 aliphatic carbocycles. The molecule has 1 atom stereocenters. The molecule has 2 rings (SSSR count). The molecule has 5 nitrogen and oxygen atoms in total. The summed E-state index contributed by atoms with van der Waals surface area (Å²) in [5, 5.41) is 10.3. The Balaban J connectivity index is 1.89. The monoisotopic (exact) mass is 196 g/mol. The molecule has 2 N–H and O–H groups in total. The molecule has 0 spiro atoms. The third-order valence-electron chi connectivity index (χ3n) is 2.32. The molecule has 0 bridgehead atoms.